The summed E-state index contributed by atoms with van der Waals surface area (Å²) in [5, 5.41) is 0. The summed E-state index contributed by atoms with van der Waals surface area (Å²) in [6, 6.07) is 0. The number of hydrogen-bond donors (Lipinski definition) is 0. The van der Waals surface area contributed by atoms with Gasteiger partial charge in [-0.2, -0.15) is 0 Å². The van der Waals surface area contributed by atoms with E-state index in [9.17, 15) is 4.79 Å². The predicted octanol–water partition coefficient (Wildman–Crippen LogP) is 4.49. The molecule has 0 unspecified atom stereocenters. The van der Waals surface area contributed by atoms with Gasteiger partial charge in [-0.1, -0.05) is 58.8 Å². The molecule has 0 rings (SSSR count). The third kappa shape index (κ3) is 15.4. The minimum Gasteiger partial charge on any atom is -0.463 e. The van der Waals surface area contributed by atoms with Crippen molar-refractivity contribution in [3.8, 4) is 0 Å². The van der Waals surface area contributed by atoms with Crippen molar-refractivity contribution in [3.05, 3.63) is 0 Å². The molecular weight excluding hydrogens is 240 g/mol. The van der Waals surface area contributed by atoms with E-state index < -0.39 is 0 Å². The zero-order valence-electron chi connectivity index (χ0n) is 12.9. The van der Waals surface area contributed by atoms with E-state index in [0.29, 0.717) is 19.6 Å². The first kappa shape index (κ1) is 18.4. The van der Waals surface area contributed by atoms with Crippen molar-refractivity contribution >= 4 is 5.97 Å². The summed E-state index contributed by atoms with van der Waals surface area (Å²) in [5.41, 5.74) is 0. The van der Waals surface area contributed by atoms with Gasteiger partial charge in [0.25, 0.3) is 0 Å². The number of carbonyl (C=O) groups is 1. The van der Waals surface area contributed by atoms with Crippen LogP contribution in [0.3, 0.4) is 0 Å². The van der Waals surface area contributed by atoms with Crippen LogP contribution in [-0.4, -0.2) is 25.8 Å². The Kier molecular flexibility index (Phi) is 15.0. The maximum atomic E-state index is 11.4. The van der Waals surface area contributed by atoms with Crippen LogP contribution in [0.5, 0.6) is 0 Å². The van der Waals surface area contributed by atoms with Crippen molar-refractivity contribution in [1.82, 2.24) is 0 Å². The molecule has 0 bridgehead atoms. The van der Waals surface area contributed by atoms with Crippen LogP contribution in [0, 0.1) is 0 Å². The van der Waals surface area contributed by atoms with Gasteiger partial charge >= 0.3 is 5.97 Å². The highest BCUT2D eigenvalue weighted by Crippen LogP contribution is 2.09. The Morgan fingerprint density at radius 1 is 0.737 bits per heavy atom. The molecule has 3 heteroatoms. The topological polar surface area (TPSA) is 35.5 Å². The quantitative estimate of drug-likeness (QED) is 0.345. The third-order valence-corrected chi connectivity index (χ3v) is 3.07. The van der Waals surface area contributed by atoms with Gasteiger partial charge in [0.2, 0.25) is 0 Å². The minimum absolute atomic E-state index is 0.0777. The van der Waals surface area contributed by atoms with E-state index in [4.69, 9.17) is 9.47 Å². The second kappa shape index (κ2) is 15.5. The average molecular weight is 272 g/mol. The van der Waals surface area contributed by atoms with Gasteiger partial charge in [0, 0.05) is 13.0 Å². The SMILES string of the molecule is CCCCCCCCCCC(=O)OCCOCCC. The Morgan fingerprint density at radius 3 is 2.00 bits per heavy atom. The van der Waals surface area contributed by atoms with Crippen LogP contribution in [0.15, 0.2) is 0 Å². The minimum atomic E-state index is -0.0777. The molecule has 0 N–H and O–H groups in total. The highest BCUT2D eigenvalue weighted by atomic mass is 16.6. The van der Waals surface area contributed by atoms with E-state index in [1.807, 2.05) is 0 Å². The molecule has 19 heavy (non-hydrogen) atoms. The van der Waals surface area contributed by atoms with Gasteiger partial charge in [0.05, 0.1) is 6.61 Å². The standard InChI is InChI=1S/C16H32O3/c1-3-5-6-7-8-9-10-11-12-16(17)19-15-14-18-13-4-2/h3-15H2,1-2H3. The predicted molar refractivity (Wildman–Crippen MR) is 79.3 cm³/mol. The number of esters is 1. The molecule has 0 spiro atoms. The first-order chi connectivity index (χ1) is 9.31. The molecule has 0 amide bonds. The maximum absolute atomic E-state index is 11.4. The normalized spacial score (nSPS) is 10.6. The van der Waals surface area contributed by atoms with Crippen molar-refractivity contribution in [2.24, 2.45) is 0 Å². The summed E-state index contributed by atoms with van der Waals surface area (Å²) in [5.74, 6) is -0.0777. The zero-order valence-corrected chi connectivity index (χ0v) is 12.9. The van der Waals surface area contributed by atoms with Gasteiger partial charge in [-0.3, -0.25) is 4.79 Å². The van der Waals surface area contributed by atoms with Crippen LogP contribution in [-0.2, 0) is 14.3 Å². The first-order valence-electron chi connectivity index (χ1n) is 8.04. The number of ether oxygens (including phenoxy) is 2. The number of unbranched alkanes of at least 4 members (excludes halogenated alkanes) is 7. The number of carbonyl (C=O) groups excluding carboxylic acids is 1. The Labute approximate surface area is 119 Å². The Morgan fingerprint density at radius 2 is 1.37 bits per heavy atom. The molecule has 0 aromatic rings. The van der Waals surface area contributed by atoms with Crippen molar-refractivity contribution in [3.63, 3.8) is 0 Å². The fourth-order valence-electron chi connectivity index (χ4n) is 1.94. The Balaban J connectivity index is 3.12. The lowest BCUT2D eigenvalue weighted by Gasteiger charge is -2.05. The molecule has 0 saturated heterocycles. The lowest BCUT2D eigenvalue weighted by molar-refractivity contribution is -0.145. The third-order valence-electron chi connectivity index (χ3n) is 3.07. The van der Waals surface area contributed by atoms with Crippen LogP contribution < -0.4 is 0 Å². The molecule has 0 saturated carbocycles. The van der Waals surface area contributed by atoms with Gasteiger partial charge < -0.3 is 9.47 Å². The molecular formula is C16H32O3. The summed E-state index contributed by atoms with van der Waals surface area (Å²) in [4.78, 5) is 11.4. The summed E-state index contributed by atoms with van der Waals surface area (Å²) in [6.07, 6.45) is 11.6. The van der Waals surface area contributed by atoms with Gasteiger partial charge in [0.15, 0.2) is 0 Å². The van der Waals surface area contributed by atoms with Gasteiger partial charge in [-0.05, 0) is 12.8 Å². The molecule has 0 radical (unpaired) electrons. The lowest BCUT2D eigenvalue weighted by Crippen LogP contribution is -2.10. The van der Waals surface area contributed by atoms with Crippen LogP contribution in [0.25, 0.3) is 0 Å². The average Bonchev–Trinajstić information content (AvgIpc) is 2.41. The Hall–Kier alpha value is -0.570. The van der Waals surface area contributed by atoms with E-state index in [0.717, 1.165) is 25.9 Å². The maximum Gasteiger partial charge on any atom is 0.305 e. The smallest absolute Gasteiger partial charge is 0.305 e. The molecule has 114 valence electrons. The summed E-state index contributed by atoms with van der Waals surface area (Å²) < 4.78 is 10.3. The molecule has 3 nitrogen and oxygen atoms in total. The number of hydrogen-bond acceptors (Lipinski definition) is 3. The summed E-state index contributed by atoms with van der Waals surface area (Å²) in [7, 11) is 0. The second-order valence-electron chi connectivity index (χ2n) is 5.06. The highest BCUT2D eigenvalue weighted by molar-refractivity contribution is 5.69. The molecule has 0 aliphatic rings. The monoisotopic (exact) mass is 272 g/mol. The zero-order chi connectivity index (χ0) is 14.2. The highest BCUT2D eigenvalue weighted by Gasteiger charge is 2.02. The fraction of sp³-hybridized carbons (Fsp3) is 0.938. The molecule has 0 fully saturated rings. The summed E-state index contributed by atoms with van der Waals surface area (Å²) >= 11 is 0. The summed E-state index contributed by atoms with van der Waals surface area (Å²) in [6.45, 7) is 5.97. The molecule has 0 atom stereocenters. The van der Waals surface area contributed by atoms with Gasteiger partial charge in [0.1, 0.15) is 6.61 Å². The van der Waals surface area contributed by atoms with Crippen molar-refractivity contribution in [2.75, 3.05) is 19.8 Å². The number of rotatable bonds is 14. The van der Waals surface area contributed by atoms with E-state index in [1.165, 1.54) is 38.5 Å². The van der Waals surface area contributed by atoms with E-state index in [-0.39, 0.29) is 5.97 Å². The first-order valence-corrected chi connectivity index (χ1v) is 8.04. The van der Waals surface area contributed by atoms with Gasteiger partial charge in [-0.15, -0.1) is 0 Å². The molecule has 0 heterocycles. The Bertz CT molecular complexity index is 192. The lowest BCUT2D eigenvalue weighted by atomic mass is 10.1. The molecule has 0 aromatic heterocycles. The van der Waals surface area contributed by atoms with Crippen LogP contribution in [0.1, 0.15) is 78.1 Å². The molecule has 0 aromatic carbocycles. The fourth-order valence-corrected chi connectivity index (χ4v) is 1.94. The molecule has 0 aliphatic carbocycles. The van der Waals surface area contributed by atoms with Gasteiger partial charge in [-0.25, -0.2) is 0 Å². The molecule has 0 aliphatic heterocycles. The van der Waals surface area contributed by atoms with E-state index >= 15 is 0 Å². The van der Waals surface area contributed by atoms with Crippen molar-refractivity contribution in [2.45, 2.75) is 78.1 Å². The van der Waals surface area contributed by atoms with Crippen molar-refractivity contribution in [1.29, 1.82) is 0 Å². The van der Waals surface area contributed by atoms with Crippen LogP contribution >= 0.6 is 0 Å². The largest absolute Gasteiger partial charge is 0.463 e. The van der Waals surface area contributed by atoms with Crippen LogP contribution in [0.2, 0.25) is 0 Å². The van der Waals surface area contributed by atoms with E-state index in [1.54, 1.807) is 0 Å². The second-order valence-corrected chi connectivity index (χ2v) is 5.06. The van der Waals surface area contributed by atoms with Crippen LogP contribution in [0.4, 0.5) is 0 Å². The van der Waals surface area contributed by atoms with E-state index in [2.05, 4.69) is 13.8 Å². The van der Waals surface area contributed by atoms with Crippen molar-refractivity contribution < 1.29 is 14.3 Å².